The van der Waals surface area contributed by atoms with Crippen molar-refractivity contribution < 1.29 is 5.11 Å². The quantitative estimate of drug-likeness (QED) is 0.407. The molecule has 1 saturated carbocycles. The first-order valence-electron chi connectivity index (χ1n) is 7.22. The van der Waals surface area contributed by atoms with Gasteiger partial charge in [-0.05, 0) is 50.2 Å². The molecule has 1 aliphatic carbocycles. The fraction of sp³-hybridized carbons (Fsp3) is 0.647. The summed E-state index contributed by atoms with van der Waals surface area (Å²) in [6.07, 6.45) is 15.2. The number of aliphatic hydroxyl groups excluding tert-OH is 1. The van der Waals surface area contributed by atoms with Gasteiger partial charge >= 0.3 is 0 Å². The monoisotopic (exact) mass is 246 g/mol. The van der Waals surface area contributed by atoms with Crippen molar-refractivity contribution in [2.75, 3.05) is 0 Å². The van der Waals surface area contributed by atoms with E-state index in [1.54, 1.807) is 19.1 Å². The summed E-state index contributed by atoms with van der Waals surface area (Å²) in [6, 6.07) is 0. The van der Waals surface area contributed by atoms with Crippen LogP contribution in [0.1, 0.15) is 52.4 Å². The van der Waals surface area contributed by atoms with Crippen LogP contribution >= 0.6 is 0 Å². The second-order valence-corrected chi connectivity index (χ2v) is 5.23. The molecule has 1 fully saturated rings. The molecular formula is C17H26O. The largest absolute Gasteiger partial charge is 0.389 e. The summed E-state index contributed by atoms with van der Waals surface area (Å²) in [4.78, 5) is 0. The van der Waals surface area contributed by atoms with Crippen LogP contribution in [0.2, 0.25) is 0 Å². The Labute approximate surface area is 112 Å². The van der Waals surface area contributed by atoms with E-state index in [9.17, 15) is 0 Å². The van der Waals surface area contributed by atoms with Crippen LogP contribution in [-0.4, -0.2) is 11.2 Å². The van der Waals surface area contributed by atoms with E-state index >= 15 is 0 Å². The van der Waals surface area contributed by atoms with Gasteiger partial charge in [0.05, 0.1) is 6.10 Å². The van der Waals surface area contributed by atoms with E-state index < -0.39 is 0 Å². The lowest BCUT2D eigenvalue weighted by Crippen LogP contribution is -1.90. The van der Waals surface area contributed by atoms with Gasteiger partial charge in [-0.2, -0.15) is 0 Å². The topological polar surface area (TPSA) is 20.2 Å². The molecule has 1 heteroatoms. The molecule has 0 amide bonds. The van der Waals surface area contributed by atoms with Crippen LogP contribution in [0.4, 0.5) is 0 Å². The van der Waals surface area contributed by atoms with Crippen LogP contribution < -0.4 is 0 Å². The van der Waals surface area contributed by atoms with Gasteiger partial charge < -0.3 is 5.11 Å². The van der Waals surface area contributed by atoms with Gasteiger partial charge in [0.15, 0.2) is 0 Å². The number of allylic oxidation sites excluding steroid dienone is 3. The minimum atomic E-state index is -0.388. The second-order valence-electron chi connectivity index (χ2n) is 5.23. The first kappa shape index (κ1) is 15.1. The van der Waals surface area contributed by atoms with E-state index in [1.807, 2.05) is 0 Å². The third-order valence-corrected chi connectivity index (χ3v) is 3.32. The third-order valence-electron chi connectivity index (χ3n) is 3.32. The Hall–Kier alpha value is -1.00. The predicted molar refractivity (Wildman–Crippen MR) is 78.1 cm³/mol. The van der Waals surface area contributed by atoms with Gasteiger partial charge in [-0.25, -0.2) is 0 Å². The summed E-state index contributed by atoms with van der Waals surface area (Å²) >= 11 is 0. The lowest BCUT2D eigenvalue weighted by molar-refractivity contribution is 0.244. The van der Waals surface area contributed by atoms with Crippen molar-refractivity contribution in [1.82, 2.24) is 0 Å². The van der Waals surface area contributed by atoms with Crippen molar-refractivity contribution in [1.29, 1.82) is 0 Å². The molecule has 0 saturated heterocycles. The van der Waals surface area contributed by atoms with Gasteiger partial charge in [0.25, 0.3) is 0 Å². The molecule has 1 rings (SSSR count). The molecule has 0 aliphatic heterocycles. The molecular weight excluding hydrogens is 220 g/mol. The lowest BCUT2D eigenvalue weighted by Gasteiger charge is -1.91. The molecule has 100 valence electrons. The van der Waals surface area contributed by atoms with Crippen molar-refractivity contribution in [2.24, 2.45) is 11.8 Å². The number of rotatable bonds is 7. The van der Waals surface area contributed by atoms with Gasteiger partial charge in [-0.1, -0.05) is 43.8 Å². The fourth-order valence-corrected chi connectivity index (χ4v) is 2.00. The first-order chi connectivity index (χ1) is 8.74. The molecule has 18 heavy (non-hydrogen) atoms. The molecule has 0 unspecified atom stereocenters. The highest BCUT2D eigenvalue weighted by atomic mass is 16.3. The predicted octanol–water partition coefficient (Wildman–Crippen LogP) is 4.09. The van der Waals surface area contributed by atoms with E-state index in [4.69, 9.17) is 5.11 Å². The number of unbranched alkanes of at least 4 members (excludes halogenated alkanes) is 2. The summed E-state index contributed by atoms with van der Waals surface area (Å²) in [5.41, 5.74) is 0. The molecule has 0 aromatic heterocycles. The summed E-state index contributed by atoms with van der Waals surface area (Å²) in [5, 5.41) is 9.01. The van der Waals surface area contributed by atoms with Gasteiger partial charge in [0.2, 0.25) is 0 Å². The Balaban J connectivity index is 2.05. The maximum Gasteiger partial charge on any atom is 0.0701 e. The van der Waals surface area contributed by atoms with Crippen molar-refractivity contribution in [3.63, 3.8) is 0 Å². The average Bonchev–Trinajstić information content (AvgIpc) is 3.07. The molecule has 0 bridgehead atoms. The molecule has 1 nitrogen and oxygen atoms in total. The zero-order valence-corrected chi connectivity index (χ0v) is 11.7. The normalized spacial score (nSPS) is 24.2. The molecule has 0 spiro atoms. The molecule has 3 atom stereocenters. The van der Waals surface area contributed by atoms with Crippen LogP contribution in [0.15, 0.2) is 24.3 Å². The summed E-state index contributed by atoms with van der Waals surface area (Å²) in [7, 11) is 0. The van der Waals surface area contributed by atoms with Crippen LogP contribution in [0.25, 0.3) is 0 Å². The Kier molecular flexibility index (Phi) is 7.53. The van der Waals surface area contributed by atoms with Gasteiger partial charge in [-0.3, -0.25) is 0 Å². The Morgan fingerprint density at radius 2 is 2.17 bits per heavy atom. The Morgan fingerprint density at radius 1 is 1.33 bits per heavy atom. The Bertz CT molecular complexity index is 327. The minimum absolute atomic E-state index is 0.388. The van der Waals surface area contributed by atoms with Gasteiger partial charge in [0.1, 0.15) is 0 Å². The summed E-state index contributed by atoms with van der Waals surface area (Å²) < 4.78 is 0. The number of hydrogen-bond acceptors (Lipinski definition) is 1. The summed E-state index contributed by atoms with van der Waals surface area (Å²) in [6.45, 7) is 3.97. The Morgan fingerprint density at radius 3 is 2.89 bits per heavy atom. The van der Waals surface area contributed by atoms with E-state index in [0.29, 0.717) is 0 Å². The SMILES string of the molecule is CCCC/C=C\C[C@H]1C[C@@H]1CC#C/C=C/[C@@H](C)O. The van der Waals surface area contributed by atoms with E-state index in [-0.39, 0.29) is 6.10 Å². The van der Waals surface area contributed by atoms with Crippen LogP contribution in [-0.2, 0) is 0 Å². The third kappa shape index (κ3) is 7.35. The number of hydrogen-bond donors (Lipinski definition) is 1. The van der Waals surface area contributed by atoms with Crippen LogP contribution in [0.3, 0.4) is 0 Å². The average molecular weight is 246 g/mol. The highest BCUT2D eigenvalue weighted by molar-refractivity contribution is 5.17. The van der Waals surface area contributed by atoms with E-state index in [1.165, 1.54) is 32.1 Å². The van der Waals surface area contributed by atoms with Crippen molar-refractivity contribution in [3.05, 3.63) is 24.3 Å². The maximum absolute atomic E-state index is 9.01. The highest BCUT2D eigenvalue weighted by Gasteiger charge is 2.34. The molecule has 0 heterocycles. The van der Waals surface area contributed by atoms with Crippen molar-refractivity contribution in [2.45, 2.75) is 58.5 Å². The molecule has 1 N–H and O–H groups in total. The van der Waals surface area contributed by atoms with Gasteiger partial charge in [-0.15, -0.1) is 0 Å². The zero-order chi connectivity index (χ0) is 13.2. The molecule has 0 radical (unpaired) electrons. The minimum Gasteiger partial charge on any atom is -0.389 e. The number of aliphatic hydroxyl groups is 1. The van der Waals surface area contributed by atoms with Crippen molar-refractivity contribution >= 4 is 0 Å². The van der Waals surface area contributed by atoms with Crippen LogP contribution in [0, 0.1) is 23.7 Å². The molecule has 0 aromatic rings. The van der Waals surface area contributed by atoms with Crippen molar-refractivity contribution in [3.8, 4) is 11.8 Å². The maximum atomic E-state index is 9.01. The first-order valence-corrected chi connectivity index (χ1v) is 7.22. The zero-order valence-electron chi connectivity index (χ0n) is 11.7. The summed E-state index contributed by atoms with van der Waals surface area (Å²) in [5.74, 6) is 7.84. The standard InChI is InChI=1S/C17H26O/c1-3-4-5-6-9-12-16-14-17(16)13-10-7-8-11-15(2)18/h6,8-9,11,15-18H,3-5,12-14H2,1-2H3/b9-6-,11-8+/t15-,16+,17+/m1/s1. The molecule has 0 aromatic carbocycles. The smallest absolute Gasteiger partial charge is 0.0701 e. The van der Waals surface area contributed by atoms with Gasteiger partial charge in [0, 0.05) is 6.42 Å². The van der Waals surface area contributed by atoms with E-state index in [0.717, 1.165) is 18.3 Å². The highest BCUT2D eigenvalue weighted by Crippen LogP contribution is 2.43. The second kappa shape index (κ2) is 9.00. The van der Waals surface area contributed by atoms with Crippen LogP contribution in [0.5, 0.6) is 0 Å². The lowest BCUT2D eigenvalue weighted by atomic mass is 10.1. The van der Waals surface area contributed by atoms with E-state index in [2.05, 4.69) is 30.9 Å². The molecule has 1 aliphatic rings. The fourth-order valence-electron chi connectivity index (χ4n) is 2.00.